The number of hydrogen-bond donors (Lipinski definition) is 1. The number of rotatable bonds is 4. The van der Waals surface area contributed by atoms with Crippen LogP contribution in [0.4, 0.5) is 4.39 Å². The Morgan fingerprint density at radius 1 is 1.50 bits per heavy atom. The van der Waals surface area contributed by atoms with Crippen LogP contribution in [0.3, 0.4) is 0 Å². The van der Waals surface area contributed by atoms with Gasteiger partial charge in [0.1, 0.15) is 5.82 Å². The van der Waals surface area contributed by atoms with Gasteiger partial charge < -0.3 is 5.32 Å². The number of halogens is 2. The summed E-state index contributed by atoms with van der Waals surface area (Å²) in [5.41, 5.74) is 0.388. The highest BCUT2D eigenvalue weighted by Gasteiger charge is 2.30. The summed E-state index contributed by atoms with van der Waals surface area (Å²) in [5, 5.41) is 2.69. The molecule has 1 fully saturated rings. The van der Waals surface area contributed by atoms with Crippen LogP contribution in [0, 0.1) is 11.7 Å². The Morgan fingerprint density at radius 3 is 2.91 bits per heavy atom. The SMILES string of the molecule is CS(=O)(=O)N1CCCC(C(=O)NCc2cc(Br)ccc2F)C1. The number of nitrogens with one attached hydrogen (secondary N) is 1. The van der Waals surface area contributed by atoms with Gasteiger partial charge in [-0.2, -0.15) is 0 Å². The zero-order valence-corrected chi connectivity index (χ0v) is 14.6. The molecule has 1 aromatic carbocycles. The van der Waals surface area contributed by atoms with Crippen LogP contribution in [0.5, 0.6) is 0 Å². The molecule has 0 saturated carbocycles. The molecule has 0 aliphatic carbocycles. The van der Waals surface area contributed by atoms with Crippen LogP contribution in [0.2, 0.25) is 0 Å². The summed E-state index contributed by atoms with van der Waals surface area (Å²) in [7, 11) is -3.28. The summed E-state index contributed by atoms with van der Waals surface area (Å²) in [4.78, 5) is 12.2. The Bertz CT molecular complexity index is 666. The average Bonchev–Trinajstić information content (AvgIpc) is 2.47. The molecular weight excluding hydrogens is 375 g/mol. The van der Waals surface area contributed by atoms with Crippen molar-refractivity contribution in [2.24, 2.45) is 5.92 Å². The molecule has 22 heavy (non-hydrogen) atoms. The highest BCUT2D eigenvalue weighted by atomic mass is 79.9. The number of amides is 1. The molecule has 1 aliphatic heterocycles. The van der Waals surface area contributed by atoms with E-state index in [9.17, 15) is 17.6 Å². The second-order valence-corrected chi connectivity index (χ2v) is 8.31. The first kappa shape index (κ1) is 17.4. The summed E-state index contributed by atoms with van der Waals surface area (Å²) < 4.78 is 38.8. The first-order valence-electron chi connectivity index (χ1n) is 6.94. The predicted octanol–water partition coefficient (Wildman–Crippen LogP) is 1.88. The lowest BCUT2D eigenvalue weighted by atomic mass is 9.98. The fourth-order valence-electron chi connectivity index (χ4n) is 2.46. The summed E-state index contributed by atoms with van der Waals surface area (Å²) in [6.07, 6.45) is 2.43. The summed E-state index contributed by atoms with van der Waals surface area (Å²) in [6, 6.07) is 4.53. The Morgan fingerprint density at radius 2 is 2.23 bits per heavy atom. The number of sulfonamides is 1. The molecule has 1 aliphatic rings. The van der Waals surface area contributed by atoms with Crippen LogP contribution in [0.15, 0.2) is 22.7 Å². The number of hydrogen-bond acceptors (Lipinski definition) is 3. The van der Waals surface area contributed by atoms with E-state index in [-0.39, 0.29) is 24.8 Å². The van der Waals surface area contributed by atoms with Crippen molar-refractivity contribution in [3.8, 4) is 0 Å². The largest absolute Gasteiger partial charge is 0.352 e. The maximum absolute atomic E-state index is 13.6. The minimum absolute atomic E-state index is 0.0828. The Labute approximate surface area is 138 Å². The molecule has 0 aromatic heterocycles. The number of benzene rings is 1. The summed E-state index contributed by atoms with van der Waals surface area (Å²) >= 11 is 3.26. The van der Waals surface area contributed by atoms with Gasteiger partial charge in [-0.05, 0) is 31.0 Å². The quantitative estimate of drug-likeness (QED) is 0.850. The fourth-order valence-corrected chi connectivity index (χ4v) is 3.78. The van der Waals surface area contributed by atoms with E-state index in [2.05, 4.69) is 21.2 Å². The molecule has 0 spiro atoms. The van der Waals surface area contributed by atoms with E-state index in [0.29, 0.717) is 24.9 Å². The molecule has 5 nitrogen and oxygen atoms in total. The van der Waals surface area contributed by atoms with Gasteiger partial charge in [-0.1, -0.05) is 15.9 Å². The smallest absolute Gasteiger partial charge is 0.224 e. The molecular formula is C14H18BrFN2O3S. The summed E-state index contributed by atoms with van der Waals surface area (Å²) in [5.74, 6) is -1.02. The van der Waals surface area contributed by atoms with Crippen molar-refractivity contribution in [3.05, 3.63) is 34.1 Å². The van der Waals surface area contributed by atoms with E-state index < -0.39 is 15.9 Å². The molecule has 1 N–H and O–H groups in total. The van der Waals surface area contributed by atoms with Gasteiger partial charge in [0.05, 0.1) is 12.2 Å². The second-order valence-electron chi connectivity index (χ2n) is 5.41. The van der Waals surface area contributed by atoms with E-state index >= 15 is 0 Å². The third-order valence-corrected chi connectivity index (χ3v) is 5.45. The van der Waals surface area contributed by atoms with Gasteiger partial charge in [-0.25, -0.2) is 17.1 Å². The lowest BCUT2D eigenvalue weighted by Crippen LogP contribution is -2.44. The topological polar surface area (TPSA) is 66.5 Å². The van der Waals surface area contributed by atoms with Crippen LogP contribution >= 0.6 is 15.9 Å². The van der Waals surface area contributed by atoms with E-state index in [1.165, 1.54) is 10.4 Å². The molecule has 1 saturated heterocycles. The molecule has 1 unspecified atom stereocenters. The first-order valence-corrected chi connectivity index (χ1v) is 9.58. The van der Waals surface area contributed by atoms with Crippen molar-refractivity contribution in [3.63, 3.8) is 0 Å². The monoisotopic (exact) mass is 392 g/mol. The van der Waals surface area contributed by atoms with E-state index in [1.807, 2.05) is 0 Å². The normalized spacial score (nSPS) is 19.9. The first-order chi connectivity index (χ1) is 10.3. The van der Waals surface area contributed by atoms with Crippen LogP contribution < -0.4 is 5.32 Å². The van der Waals surface area contributed by atoms with Gasteiger partial charge in [0, 0.05) is 29.7 Å². The number of carbonyl (C=O) groups is 1. The molecule has 0 radical (unpaired) electrons. The Balaban J connectivity index is 1.96. The summed E-state index contributed by atoms with van der Waals surface area (Å²) in [6.45, 7) is 0.716. The fraction of sp³-hybridized carbons (Fsp3) is 0.500. The van der Waals surface area contributed by atoms with Gasteiger partial charge in [0.2, 0.25) is 15.9 Å². The molecule has 1 heterocycles. The lowest BCUT2D eigenvalue weighted by Gasteiger charge is -2.30. The van der Waals surface area contributed by atoms with Crippen LogP contribution in [0.25, 0.3) is 0 Å². The average molecular weight is 393 g/mol. The van der Waals surface area contributed by atoms with Crippen LogP contribution in [-0.4, -0.2) is 38.0 Å². The molecule has 1 aromatic rings. The third kappa shape index (κ3) is 4.50. The Kier molecular flexibility index (Phi) is 5.57. The molecule has 2 rings (SSSR count). The maximum Gasteiger partial charge on any atom is 0.224 e. The second kappa shape index (κ2) is 7.06. The van der Waals surface area contributed by atoms with Crippen molar-refractivity contribution in [1.82, 2.24) is 9.62 Å². The van der Waals surface area contributed by atoms with Crippen LogP contribution in [0.1, 0.15) is 18.4 Å². The maximum atomic E-state index is 13.6. The van der Waals surface area contributed by atoms with Crippen molar-refractivity contribution in [1.29, 1.82) is 0 Å². The highest BCUT2D eigenvalue weighted by molar-refractivity contribution is 9.10. The van der Waals surface area contributed by atoms with E-state index in [1.54, 1.807) is 12.1 Å². The molecule has 1 atom stereocenters. The molecule has 122 valence electrons. The zero-order valence-electron chi connectivity index (χ0n) is 12.2. The van der Waals surface area contributed by atoms with Crippen molar-refractivity contribution in [2.75, 3.05) is 19.3 Å². The minimum atomic E-state index is -3.28. The van der Waals surface area contributed by atoms with Crippen molar-refractivity contribution < 1.29 is 17.6 Å². The van der Waals surface area contributed by atoms with Gasteiger partial charge in [0.15, 0.2) is 0 Å². The number of carbonyl (C=O) groups excluding carboxylic acids is 1. The van der Waals surface area contributed by atoms with Gasteiger partial charge >= 0.3 is 0 Å². The van der Waals surface area contributed by atoms with E-state index in [4.69, 9.17) is 0 Å². The molecule has 0 bridgehead atoms. The number of nitrogens with zero attached hydrogens (tertiary/aromatic N) is 1. The Hall–Kier alpha value is -0.990. The zero-order chi connectivity index (χ0) is 16.3. The predicted molar refractivity (Wildman–Crippen MR) is 85.1 cm³/mol. The highest BCUT2D eigenvalue weighted by Crippen LogP contribution is 2.20. The van der Waals surface area contributed by atoms with E-state index in [0.717, 1.165) is 10.7 Å². The van der Waals surface area contributed by atoms with Gasteiger partial charge in [0.25, 0.3) is 0 Å². The number of piperidine rings is 1. The van der Waals surface area contributed by atoms with Gasteiger partial charge in [-0.15, -0.1) is 0 Å². The minimum Gasteiger partial charge on any atom is -0.352 e. The molecule has 1 amide bonds. The lowest BCUT2D eigenvalue weighted by molar-refractivity contribution is -0.126. The molecule has 8 heteroatoms. The third-order valence-electron chi connectivity index (χ3n) is 3.68. The van der Waals surface area contributed by atoms with Crippen molar-refractivity contribution in [2.45, 2.75) is 19.4 Å². The standard InChI is InChI=1S/C14H18BrFN2O3S/c1-22(20,21)18-6-2-3-10(9-18)14(19)17-8-11-7-12(15)4-5-13(11)16/h4-5,7,10H,2-3,6,8-9H2,1H3,(H,17,19). The van der Waals surface area contributed by atoms with Gasteiger partial charge in [-0.3, -0.25) is 4.79 Å². The van der Waals surface area contributed by atoms with Crippen molar-refractivity contribution >= 4 is 31.9 Å². The van der Waals surface area contributed by atoms with Crippen LogP contribution in [-0.2, 0) is 21.4 Å².